The van der Waals surface area contributed by atoms with Crippen LogP contribution in [0.5, 0.6) is 0 Å². The second-order valence-corrected chi connectivity index (χ2v) is 5.50. The van der Waals surface area contributed by atoms with Gasteiger partial charge in [-0.1, -0.05) is 5.21 Å². The van der Waals surface area contributed by atoms with Gasteiger partial charge in [-0.25, -0.2) is 9.67 Å². The molecule has 1 saturated heterocycles. The highest BCUT2D eigenvalue weighted by Gasteiger charge is 2.31. The van der Waals surface area contributed by atoms with Crippen LogP contribution >= 0.6 is 24.8 Å². The Kier molecular flexibility index (Phi) is 7.36. The Morgan fingerprint density at radius 3 is 2.62 bits per heavy atom. The number of hydrogen-bond donors (Lipinski definition) is 1. The normalized spacial score (nSPS) is 17.2. The number of rotatable bonds is 2. The molecule has 0 bridgehead atoms. The minimum Gasteiger partial charge on any atom is -0.332 e. The zero-order chi connectivity index (χ0) is 17.3. The van der Waals surface area contributed by atoms with Crippen LogP contribution in [0.2, 0.25) is 0 Å². The topological polar surface area (TPSA) is 75.9 Å². The monoisotopic (exact) mass is 412 g/mol. The van der Waals surface area contributed by atoms with Gasteiger partial charge in [0.1, 0.15) is 0 Å². The molecule has 12 heteroatoms. The van der Waals surface area contributed by atoms with Crippen molar-refractivity contribution in [3.63, 3.8) is 0 Å². The third kappa shape index (κ3) is 4.63. The predicted octanol–water partition coefficient (Wildman–Crippen LogP) is 1.96. The Balaban J connectivity index is 0.00000169. The summed E-state index contributed by atoms with van der Waals surface area (Å²) in [6.07, 6.45) is -2.36. The molecule has 3 rings (SSSR count). The van der Waals surface area contributed by atoms with Crippen LogP contribution in [-0.2, 0) is 6.18 Å². The van der Waals surface area contributed by atoms with Gasteiger partial charge in [0.05, 0.1) is 11.8 Å². The molecule has 7 nitrogen and oxygen atoms in total. The summed E-state index contributed by atoms with van der Waals surface area (Å²) in [4.78, 5) is 17.9. The molecule has 1 aliphatic rings. The Hall–Kier alpha value is -1.91. The second-order valence-electron chi connectivity index (χ2n) is 5.50. The van der Waals surface area contributed by atoms with Gasteiger partial charge >= 0.3 is 6.18 Å². The highest BCUT2D eigenvalue weighted by Crippen LogP contribution is 2.28. The van der Waals surface area contributed by atoms with E-state index in [2.05, 4.69) is 20.6 Å². The third-order valence-corrected chi connectivity index (χ3v) is 3.78. The lowest BCUT2D eigenvalue weighted by Gasteiger charge is -2.33. The van der Waals surface area contributed by atoms with Crippen molar-refractivity contribution in [2.75, 3.05) is 19.6 Å². The molecule has 0 unspecified atom stereocenters. The fourth-order valence-electron chi connectivity index (χ4n) is 2.45. The molecule has 26 heavy (non-hydrogen) atoms. The van der Waals surface area contributed by atoms with Crippen LogP contribution in [0.15, 0.2) is 24.5 Å². The lowest BCUT2D eigenvalue weighted by atomic mass is 10.2. The molecular formula is C14H17Cl2F3N6O. The Labute approximate surface area is 159 Å². The summed E-state index contributed by atoms with van der Waals surface area (Å²) in [5, 5.41) is 10.8. The fourth-order valence-corrected chi connectivity index (χ4v) is 2.45. The van der Waals surface area contributed by atoms with E-state index in [1.54, 1.807) is 4.90 Å². The van der Waals surface area contributed by atoms with Gasteiger partial charge in [0.25, 0.3) is 5.91 Å². The van der Waals surface area contributed by atoms with Gasteiger partial charge in [-0.15, -0.1) is 29.9 Å². The van der Waals surface area contributed by atoms with Crippen LogP contribution in [0.1, 0.15) is 23.0 Å². The lowest BCUT2D eigenvalue weighted by Crippen LogP contribution is -2.52. The number of hydrogen-bond acceptors (Lipinski definition) is 5. The molecule has 144 valence electrons. The maximum atomic E-state index is 12.5. The SMILES string of the molecule is C[C@H]1CNCCN1C(=O)c1cn(-c2ccc(C(F)(F)F)cn2)nn1.Cl.Cl. The Morgan fingerprint density at radius 2 is 2.04 bits per heavy atom. The third-order valence-electron chi connectivity index (χ3n) is 3.78. The number of pyridine rings is 1. The van der Waals surface area contributed by atoms with Crippen molar-refractivity contribution in [1.29, 1.82) is 0 Å². The fraction of sp³-hybridized carbons (Fsp3) is 0.429. The molecule has 1 atom stereocenters. The Bertz CT molecular complexity index is 737. The molecule has 2 aromatic rings. The first-order valence-electron chi connectivity index (χ1n) is 7.34. The summed E-state index contributed by atoms with van der Waals surface area (Å²) in [7, 11) is 0. The van der Waals surface area contributed by atoms with Crippen LogP contribution in [0.25, 0.3) is 5.82 Å². The van der Waals surface area contributed by atoms with E-state index in [4.69, 9.17) is 0 Å². The van der Waals surface area contributed by atoms with Gasteiger partial charge in [0, 0.05) is 31.9 Å². The van der Waals surface area contributed by atoms with Crippen LogP contribution in [0.4, 0.5) is 13.2 Å². The first kappa shape index (κ1) is 22.1. The zero-order valence-electron chi connectivity index (χ0n) is 13.6. The lowest BCUT2D eigenvalue weighted by molar-refractivity contribution is -0.137. The summed E-state index contributed by atoms with van der Waals surface area (Å²) in [5.74, 6) is -0.106. The minimum absolute atomic E-state index is 0. The average Bonchev–Trinajstić information content (AvgIpc) is 3.04. The number of aromatic nitrogens is 4. The largest absolute Gasteiger partial charge is 0.417 e. The maximum Gasteiger partial charge on any atom is 0.417 e. The van der Waals surface area contributed by atoms with Crippen LogP contribution in [-0.4, -0.2) is 56.5 Å². The van der Waals surface area contributed by atoms with E-state index in [1.807, 2.05) is 6.92 Å². The number of piperazine rings is 1. The van der Waals surface area contributed by atoms with Gasteiger partial charge in [-0.3, -0.25) is 4.79 Å². The van der Waals surface area contributed by atoms with E-state index < -0.39 is 11.7 Å². The van der Waals surface area contributed by atoms with Crippen molar-refractivity contribution >= 4 is 30.7 Å². The van der Waals surface area contributed by atoms with Gasteiger partial charge in [-0.2, -0.15) is 13.2 Å². The summed E-state index contributed by atoms with van der Waals surface area (Å²) < 4.78 is 38.8. The van der Waals surface area contributed by atoms with E-state index in [9.17, 15) is 18.0 Å². The molecule has 1 aliphatic heterocycles. The number of nitrogens with one attached hydrogen (secondary N) is 1. The molecule has 1 amide bonds. The molecular weight excluding hydrogens is 396 g/mol. The first-order chi connectivity index (χ1) is 11.4. The van der Waals surface area contributed by atoms with Crippen molar-refractivity contribution in [1.82, 2.24) is 30.2 Å². The van der Waals surface area contributed by atoms with Crippen molar-refractivity contribution in [2.45, 2.75) is 19.1 Å². The molecule has 0 saturated carbocycles. The molecule has 2 aromatic heterocycles. The van der Waals surface area contributed by atoms with E-state index in [-0.39, 0.29) is 48.3 Å². The van der Waals surface area contributed by atoms with Crippen molar-refractivity contribution in [3.05, 3.63) is 35.8 Å². The highest BCUT2D eigenvalue weighted by molar-refractivity contribution is 5.92. The molecule has 1 N–H and O–H groups in total. The summed E-state index contributed by atoms with van der Waals surface area (Å²) in [6, 6.07) is 2.11. The van der Waals surface area contributed by atoms with Crippen molar-refractivity contribution in [3.8, 4) is 5.82 Å². The van der Waals surface area contributed by atoms with Crippen molar-refractivity contribution < 1.29 is 18.0 Å². The maximum absolute atomic E-state index is 12.5. The van der Waals surface area contributed by atoms with Gasteiger partial charge in [-0.05, 0) is 19.1 Å². The predicted molar refractivity (Wildman–Crippen MR) is 92.0 cm³/mol. The number of alkyl halides is 3. The average molecular weight is 413 g/mol. The highest BCUT2D eigenvalue weighted by atomic mass is 35.5. The van der Waals surface area contributed by atoms with Crippen molar-refractivity contribution in [2.24, 2.45) is 0 Å². The van der Waals surface area contributed by atoms with E-state index in [0.717, 1.165) is 12.3 Å². The number of carbonyl (C=O) groups excluding carboxylic acids is 1. The number of nitrogens with zero attached hydrogens (tertiary/aromatic N) is 5. The molecule has 3 heterocycles. The van der Waals surface area contributed by atoms with E-state index >= 15 is 0 Å². The van der Waals surface area contributed by atoms with Crippen LogP contribution < -0.4 is 5.32 Å². The quantitative estimate of drug-likeness (QED) is 0.815. The standard InChI is InChI=1S/C14H15F3N6O.2ClH/c1-9-6-18-4-5-22(9)13(24)11-8-23(21-20-11)12-3-2-10(7-19-12)14(15,16)17;;/h2-3,7-9,18H,4-6H2,1H3;2*1H/t9-;;/m0../s1. The van der Waals surface area contributed by atoms with Crippen LogP contribution in [0, 0.1) is 0 Å². The van der Waals surface area contributed by atoms with Gasteiger partial charge in [0.2, 0.25) is 0 Å². The summed E-state index contributed by atoms with van der Waals surface area (Å²) >= 11 is 0. The number of carbonyl (C=O) groups is 1. The van der Waals surface area contributed by atoms with E-state index in [1.165, 1.54) is 16.9 Å². The molecule has 0 radical (unpaired) electrons. The van der Waals surface area contributed by atoms with E-state index in [0.29, 0.717) is 19.6 Å². The first-order valence-corrected chi connectivity index (χ1v) is 7.34. The molecule has 0 aliphatic carbocycles. The summed E-state index contributed by atoms with van der Waals surface area (Å²) in [5.41, 5.74) is -0.720. The number of halogens is 5. The zero-order valence-corrected chi connectivity index (χ0v) is 15.2. The molecule has 0 aromatic carbocycles. The summed E-state index contributed by atoms with van der Waals surface area (Å²) in [6.45, 7) is 3.88. The smallest absolute Gasteiger partial charge is 0.332 e. The Morgan fingerprint density at radius 1 is 1.31 bits per heavy atom. The second kappa shape index (κ2) is 8.65. The van der Waals surface area contributed by atoms with Crippen LogP contribution in [0.3, 0.4) is 0 Å². The molecule has 1 fully saturated rings. The van der Waals surface area contributed by atoms with Gasteiger partial charge in [0.15, 0.2) is 11.5 Å². The van der Waals surface area contributed by atoms with Gasteiger partial charge < -0.3 is 10.2 Å². The number of amides is 1. The minimum atomic E-state index is -4.45. The molecule has 0 spiro atoms.